The van der Waals surface area contributed by atoms with Crippen LogP contribution in [0.2, 0.25) is 0 Å². The highest BCUT2D eigenvalue weighted by Crippen LogP contribution is 2.49. The lowest BCUT2D eigenvalue weighted by Crippen LogP contribution is -2.14. The van der Waals surface area contributed by atoms with Crippen molar-refractivity contribution in [1.29, 1.82) is 0 Å². The molecular weight excluding hydrogens is 893 g/mol. The summed E-state index contributed by atoms with van der Waals surface area (Å²) in [6.07, 6.45) is 0. The molecule has 0 fully saturated rings. The Morgan fingerprint density at radius 3 is 1.51 bits per heavy atom. The summed E-state index contributed by atoms with van der Waals surface area (Å²) < 4.78 is 8.95. The minimum absolute atomic E-state index is 0.862. The zero-order valence-electron chi connectivity index (χ0n) is 39.1. The van der Waals surface area contributed by atoms with Crippen molar-refractivity contribution in [3.05, 3.63) is 267 Å². The molecule has 4 heteroatoms. The molecule has 0 atom stereocenters. The molecule has 3 nitrogen and oxygen atoms in total. The van der Waals surface area contributed by atoms with Gasteiger partial charge in [-0.05, 0) is 140 Å². The van der Waals surface area contributed by atoms with Gasteiger partial charge in [-0.2, -0.15) is 0 Å². The molecule has 0 saturated carbocycles. The third-order valence-electron chi connectivity index (χ3n) is 14.2. The van der Waals surface area contributed by atoms with Gasteiger partial charge in [-0.25, -0.2) is 0 Å². The average molecular weight is 937 g/mol. The van der Waals surface area contributed by atoms with Crippen LogP contribution in [0.15, 0.2) is 271 Å². The van der Waals surface area contributed by atoms with Gasteiger partial charge in [0.15, 0.2) is 0 Å². The van der Waals surface area contributed by atoms with Crippen LogP contribution in [0.4, 0.5) is 34.1 Å². The Kier molecular flexibility index (Phi) is 10.0. The summed E-state index contributed by atoms with van der Waals surface area (Å²) in [4.78, 5) is 4.90. The first-order chi connectivity index (χ1) is 35.7. The normalized spacial score (nSPS) is 11.6. The standard InChI is InChI=1S/C68H44N2OS/c1-3-16-45(17-4-1)47-30-34-51(35-31-47)69(52-36-32-48(33-37-52)46-18-5-2-6-19-46)54-40-50(62-42-49-20-7-8-21-56(49)57-22-9-10-23-58(57)62)41-55(43-54)70(53-38-39-66-63(44-53)59-24-11-13-28-65(59)71-66)64-27-15-26-61-60-25-12-14-29-67(60)72-68(61)64/h1-44H. The number of benzene rings is 12. The van der Waals surface area contributed by atoms with Crippen LogP contribution < -0.4 is 9.80 Å². The molecule has 338 valence electrons. The van der Waals surface area contributed by atoms with E-state index in [9.17, 15) is 0 Å². The molecule has 0 N–H and O–H groups in total. The zero-order chi connectivity index (χ0) is 47.5. The first-order valence-corrected chi connectivity index (χ1v) is 25.3. The van der Waals surface area contributed by atoms with Crippen molar-refractivity contribution in [2.75, 3.05) is 9.80 Å². The van der Waals surface area contributed by atoms with E-state index in [0.717, 1.165) is 61.6 Å². The van der Waals surface area contributed by atoms with E-state index in [4.69, 9.17) is 4.42 Å². The molecule has 0 aliphatic heterocycles. The summed E-state index contributed by atoms with van der Waals surface area (Å²) in [6.45, 7) is 0. The summed E-state index contributed by atoms with van der Waals surface area (Å²) >= 11 is 1.85. The predicted molar refractivity (Wildman–Crippen MR) is 307 cm³/mol. The van der Waals surface area contributed by atoms with Gasteiger partial charge in [-0.1, -0.05) is 182 Å². The largest absolute Gasteiger partial charge is 0.456 e. The van der Waals surface area contributed by atoms with Crippen molar-refractivity contribution < 1.29 is 4.42 Å². The Bertz CT molecular complexity index is 4240. The van der Waals surface area contributed by atoms with Crippen LogP contribution in [0, 0.1) is 0 Å². The van der Waals surface area contributed by atoms with E-state index in [1.165, 1.54) is 69.5 Å². The lowest BCUT2D eigenvalue weighted by atomic mass is 9.92. The van der Waals surface area contributed by atoms with Gasteiger partial charge in [0.2, 0.25) is 0 Å². The monoisotopic (exact) mass is 936 g/mol. The van der Waals surface area contributed by atoms with Gasteiger partial charge in [0.05, 0.1) is 10.4 Å². The fourth-order valence-corrected chi connectivity index (χ4v) is 12.0. The lowest BCUT2D eigenvalue weighted by Gasteiger charge is -2.31. The highest BCUT2D eigenvalue weighted by atomic mass is 32.1. The Morgan fingerprint density at radius 1 is 0.278 bits per heavy atom. The number of rotatable bonds is 9. The van der Waals surface area contributed by atoms with E-state index < -0.39 is 0 Å². The summed E-state index contributed by atoms with van der Waals surface area (Å²) in [7, 11) is 0. The summed E-state index contributed by atoms with van der Waals surface area (Å²) in [6, 6.07) is 97.1. The third kappa shape index (κ3) is 7.19. The molecule has 0 radical (unpaired) electrons. The van der Waals surface area contributed by atoms with Crippen molar-refractivity contribution in [3.8, 4) is 33.4 Å². The van der Waals surface area contributed by atoms with Crippen molar-refractivity contribution in [2.45, 2.75) is 0 Å². The van der Waals surface area contributed by atoms with Gasteiger partial charge in [-0.3, -0.25) is 0 Å². The third-order valence-corrected chi connectivity index (χ3v) is 15.4. The number of fused-ring (bicyclic) bond motifs is 9. The van der Waals surface area contributed by atoms with E-state index in [2.05, 4.69) is 271 Å². The second-order valence-corrected chi connectivity index (χ2v) is 19.5. The number of hydrogen-bond acceptors (Lipinski definition) is 4. The molecule has 14 rings (SSSR count). The first-order valence-electron chi connectivity index (χ1n) is 24.5. The average Bonchev–Trinajstić information content (AvgIpc) is 4.03. The fraction of sp³-hybridized carbons (Fsp3) is 0. The highest BCUT2D eigenvalue weighted by Gasteiger charge is 2.24. The molecule has 2 aromatic heterocycles. The molecule has 0 aliphatic carbocycles. The van der Waals surface area contributed by atoms with Crippen molar-refractivity contribution in [2.24, 2.45) is 0 Å². The number of para-hydroxylation sites is 1. The smallest absolute Gasteiger partial charge is 0.135 e. The molecule has 0 spiro atoms. The Morgan fingerprint density at radius 2 is 0.806 bits per heavy atom. The van der Waals surface area contributed by atoms with E-state index >= 15 is 0 Å². The second-order valence-electron chi connectivity index (χ2n) is 18.5. The predicted octanol–water partition coefficient (Wildman–Crippen LogP) is 20.2. The summed E-state index contributed by atoms with van der Waals surface area (Å²) in [5.74, 6) is 0. The maximum atomic E-state index is 6.46. The molecular formula is C68H44N2OS. The van der Waals surface area contributed by atoms with Gasteiger partial charge in [0, 0.05) is 54.7 Å². The van der Waals surface area contributed by atoms with E-state index in [1.54, 1.807) is 0 Å². The van der Waals surface area contributed by atoms with Crippen molar-refractivity contribution in [1.82, 2.24) is 0 Å². The molecule has 0 bridgehead atoms. The van der Waals surface area contributed by atoms with Crippen LogP contribution in [-0.2, 0) is 0 Å². The molecule has 72 heavy (non-hydrogen) atoms. The van der Waals surface area contributed by atoms with Crippen LogP contribution in [-0.4, -0.2) is 0 Å². The highest BCUT2D eigenvalue weighted by molar-refractivity contribution is 7.26. The van der Waals surface area contributed by atoms with Crippen molar-refractivity contribution >= 4 is 109 Å². The fourth-order valence-electron chi connectivity index (χ4n) is 10.8. The van der Waals surface area contributed by atoms with E-state index in [1.807, 2.05) is 17.4 Å². The topological polar surface area (TPSA) is 19.6 Å². The van der Waals surface area contributed by atoms with Gasteiger partial charge < -0.3 is 14.2 Å². The van der Waals surface area contributed by atoms with E-state index in [0.29, 0.717) is 0 Å². The zero-order valence-corrected chi connectivity index (χ0v) is 39.9. The van der Waals surface area contributed by atoms with Gasteiger partial charge in [-0.15, -0.1) is 11.3 Å². The van der Waals surface area contributed by atoms with Crippen LogP contribution in [0.25, 0.3) is 97.0 Å². The molecule has 0 amide bonds. The number of hydrogen-bond donors (Lipinski definition) is 0. The maximum absolute atomic E-state index is 6.46. The summed E-state index contributed by atoms with van der Waals surface area (Å²) in [5, 5.41) is 9.54. The van der Waals surface area contributed by atoms with Crippen LogP contribution in [0.1, 0.15) is 0 Å². The van der Waals surface area contributed by atoms with Crippen LogP contribution >= 0.6 is 11.3 Å². The first kappa shape index (κ1) is 41.7. The maximum Gasteiger partial charge on any atom is 0.135 e. The van der Waals surface area contributed by atoms with Gasteiger partial charge in [0.1, 0.15) is 11.2 Å². The molecule has 0 unspecified atom stereocenters. The van der Waals surface area contributed by atoms with Gasteiger partial charge in [0.25, 0.3) is 0 Å². The molecule has 12 aromatic carbocycles. The Labute approximate surface area is 421 Å². The quantitative estimate of drug-likeness (QED) is 0.134. The Hall–Kier alpha value is -9.22. The molecule has 2 heterocycles. The number of furan rings is 1. The minimum Gasteiger partial charge on any atom is -0.456 e. The van der Waals surface area contributed by atoms with Crippen LogP contribution in [0.3, 0.4) is 0 Å². The molecule has 14 aromatic rings. The van der Waals surface area contributed by atoms with Crippen molar-refractivity contribution in [3.63, 3.8) is 0 Å². The number of nitrogens with zero attached hydrogens (tertiary/aromatic N) is 2. The second kappa shape index (κ2) is 17.3. The minimum atomic E-state index is 0.862. The van der Waals surface area contributed by atoms with E-state index in [-0.39, 0.29) is 0 Å². The van der Waals surface area contributed by atoms with Gasteiger partial charge >= 0.3 is 0 Å². The summed E-state index contributed by atoms with van der Waals surface area (Å²) in [5.41, 5.74) is 15.0. The SMILES string of the molecule is c1ccc(-c2ccc(N(c3ccc(-c4ccccc4)cc3)c3cc(-c4cc5ccccc5c5ccccc45)cc(N(c4ccc5oc6ccccc6c5c4)c4cccc5c4sc4ccccc45)c3)cc2)cc1. The lowest BCUT2D eigenvalue weighted by molar-refractivity contribution is 0.669. The number of anilines is 6. The Balaban J connectivity index is 1.07. The molecule has 0 aliphatic rings. The van der Waals surface area contributed by atoms with Crippen LogP contribution in [0.5, 0.6) is 0 Å². The molecule has 0 saturated heterocycles. The number of thiophene rings is 1.